The van der Waals surface area contributed by atoms with E-state index in [1.807, 2.05) is 0 Å². The first-order valence-corrected chi connectivity index (χ1v) is 8.35. The molecule has 2 amide bonds. The van der Waals surface area contributed by atoms with Crippen molar-refractivity contribution in [3.8, 4) is 0 Å². The summed E-state index contributed by atoms with van der Waals surface area (Å²) in [7, 11) is -3.15. The molecule has 7 nitrogen and oxygen atoms in total. The zero-order valence-corrected chi connectivity index (χ0v) is 12.7. The highest BCUT2D eigenvalue weighted by Gasteiger charge is 2.16. The molecule has 116 valence electrons. The van der Waals surface area contributed by atoms with Crippen molar-refractivity contribution in [2.24, 2.45) is 5.73 Å². The summed E-state index contributed by atoms with van der Waals surface area (Å²) in [6.07, 6.45) is 1.14. The van der Waals surface area contributed by atoms with Crippen molar-refractivity contribution in [1.82, 2.24) is 0 Å². The molecule has 0 saturated carbocycles. The molecule has 4 N–H and O–H groups in total. The van der Waals surface area contributed by atoms with E-state index < -0.39 is 21.8 Å². The molecule has 0 heterocycles. The molecule has 8 heteroatoms. The lowest BCUT2D eigenvalue weighted by Gasteiger charge is -2.12. The standard InChI is InChI=1S/C13H19N3O4S/c1-9(17)15-10-4-3-5-11(8-10)16-13(18)12(14)6-7-21(2,19)20/h3-5,8,12H,6-7,14H2,1-2H3,(H,15,17)(H,16,18). The molecule has 1 rings (SSSR count). The average Bonchev–Trinajstić information content (AvgIpc) is 2.34. The van der Waals surface area contributed by atoms with Crippen LogP contribution in [0.3, 0.4) is 0 Å². The minimum atomic E-state index is -3.15. The summed E-state index contributed by atoms with van der Waals surface area (Å²) in [6, 6.07) is 5.67. The molecule has 0 aliphatic carbocycles. The molecule has 0 bridgehead atoms. The van der Waals surface area contributed by atoms with E-state index in [0.717, 1.165) is 6.26 Å². The van der Waals surface area contributed by atoms with Crippen LogP contribution >= 0.6 is 0 Å². The van der Waals surface area contributed by atoms with Crippen molar-refractivity contribution < 1.29 is 18.0 Å². The molecule has 0 spiro atoms. The molecule has 0 aliphatic rings. The third-order valence-corrected chi connectivity index (χ3v) is 3.56. The molecule has 1 unspecified atom stereocenters. The Hall–Kier alpha value is -1.93. The van der Waals surface area contributed by atoms with E-state index in [1.54, 1.807) is 24.3 Å². The maximum Gasteiger partial charge on any atom is 0.241 e. The van der Waals surface area contributed by atoms with Gasteiger partial charge in [-0.2, -0.15) is 0 Å². The van der Waals surface area contributed by atoms with Crippen molar-refractivity contribution >= 4 is 33.0 Å². The van der Waals surface area contributed by atoms with Gasteiger partial charge in [0.1, 0.15) is 9.84 Å². The monoisotopic (exact) mass is 313 g/mol. The number of hydrogen-bond acceptors (Lipinski definition) is 5. The maximum atomic E-state index is 11.8. The summed E-state index contributed by atoms with van der Waals surface area (Å²) >= 11 is 0. The number of nitrogens with two attached hydrogens (primary N) is 1. The van der Waals surface area contributed by atoms with E-state index in [-0.39, 0.29) is 18.1 Å². The third-order valence-electron chi connectivity index (χ3n) is 2.59. The van der Waals surface area contributed by atoms with Crippen LogP contribution in [0.2, 0.25) is 0 Å². The summed E-state index contributed by atoms with van der Waals surface area (Å²) in [5.41, 5.74) is 6.66. The highest BCUT2D eigenvalue weighted by molar-refractivity contribution is 7.90. The molecule has 0 fully saturated rings. The van der Waals surface area contributed by atoms with Gasteiger partial charge in [0.2, 0.25) is 11.8 Å². The molecule has 1 atom stereocenters. The van der Waals surface area contributed by atoms with Crippen LogP contribution in [0, 0.1) is 0 Å². The van der Waals surface area contributed by atoms with Gasteiger partial charge < -0.3 is 16.4 Å². The lowest BCUT2D eigenvalue weighted by Crippen LogP contribution is -2.37. The number of anilines is 2. The van der Waals surface area contributed by atoms with Crippen molar-refractivity contribution in [1.29, 1.82) is 0 Å². The van der Waals surface area contributed by atoms with Gasteiger partial charge in [-0.05, 0) is 24.6 Å². The van der Waals surface area contributed by atoms with Crippen LogP contribution in [0.4, 0.5) is 11.4 Å². The number of benzene rings is 1. The van der Waals surface area contributed by atoms with Crippen LogP contribution in [-0.4, -0.2) is 38.3 Å². The Morgan fingerprint density at radius 3 is 2.33 bits per heavy atom. The summed E-state index contributed by atoms with van der Waals surface area (Å²) in [6.45, 7) is 1.38. The largest absolute Gasteiger partial charge is 0.326 e. The second-order valence-electron chi connectivity index (χ2n) is 4.78. The van der Waals surface area contributed by atoms with Crippen molar-refractivity contribution in [2.75, 3.05) is 22.6 Å². The summed E-state index contributed by atoms with van der Waals surface area (Å²) < 4.78 is 22.1. The fourth-order valence-electron chi connectivity index (χ4n) is 1.59. The number of carbonyl (C=O) groups excluding carboxylic acids is 2. The fourth-order valence-corrected chi connectivity index (χ4v) is 2.27. The molecule has 0 aliphatic heterocycles. The molecule has 0 radical (unpaired) electrons. The quantitative estimate of drug-likeness (QED) is 0.700. The number of hydrogen-bond donors (Lipinski definition) is 3. The second-order valence-corrected chi connectivity index (χ2v) is 7.04. The highest BCUT2D eigenvalue weighted by Crippen LogP contribution is 2.15. The fraction of sp³-hybridized carbons (Fsp3) is 0.385. The van der Waals surface area contributed by atoms with Gasteiger partial charge in [-0.15, -0.1) is 0 Å². The number of sulfone groups is 1. The van der Waals surface area contributed by atoms with E-state index in [2.05, 4.69) is 10.6 Å². The summed E-state index contributed by atoms with van der Waals surface area (Å²) in [5, 5.41) is 5.17. The lowest BCUT2D eigenvalue weighted by molar-refractivity contribution is -0.117. The van der Waals surface area contributed by atoms with Crippen LogP contribution in [-0.2, 0) is 19.4 Å². The van der Waals surface area contributed by atoms with Gasteiger partial charge in [0, 0.05) is 24.6 Å². The molecule has 0 saturated heterocycles. The smallest absolute Gasteiger partial charge is 0.241 e. The predicted molar refractivity (Wildman–Crippen MR) is 81.7 cm³/mol. The van der Waals surface area contributed by atoms with Crippen LogP contribution in [0.1, 0.15) is 13.3 Å². The Balaban J connectivity index is 2.63. The van der Waals surface area contributed by atoms with Crippen molar-refractivity contribution in [2.45, 2.75) is 19.4 Å². The lowest BCUT2D eigenvalue weighted by atomic mass is 10.2. The second kappa shape index (κ2) is 7.19. The van der Waals surface area contributed by atoms with Gasteiger partial charge in [-0.1, -0.05) is 6.07 Å². The van der Waals surface area contributed by atoms with E-state index in [9.17, 15) is 18.0 Å². The Morgan fingerprint density at radius 2 is 1.81 bits per heavy atom. The van der Waals surface area contributed by atoms with Gasteiger partial charge in [0.15, 0.2) is 0 Å². The van der Waals surface area contributed by atoms with Crippen LogP contribution in [0.5, 0.6) is 0 Å². The highest BCUT2D eigenvalue weighted by atomic mass is 32.2. The molecular formula is C13H19N3O4S. The molecule has 1 aromatic rings. The van der Waals surface area contributed by atoms with Gasteiger partial charge in [-0.3, -0.25) is 9.59 Å². The number of amides is 2. The van der Waals surface area contributed by atoms with Crippen molar-refractivity contribution in [3.05, 3.63) is 24.3 Å². The topological polar surface area (TPSA) is 118 Å². The number of nitrogens with one attached hydrogen (secondary N) is 2. The SMILES string of the molecule is CC(=O)Nc1cccc(NC(=O)C(N)CCS(C)(=O)=O)c1. The average molecular weight is 313 g/mol. The first-order chi connectivity index (χ1) is 9.67. The first-order valence-electron chi connectivity index (χ1n) is 6.29. The normalized spacial score (nSPS) is 12.5. The predicted octanol–water partition coefficient (Wildman–Crippen LogP) is 0.346. The Bertz CT molecular complexity index is 628. The van der Waals surface area contributed by atoms with Crippen molar-refractivity contribution in [3.63, 3.8) is 0 Å². The Kier molecular flexibility index (Phi) is 5.86. The van der Waals surface area contributed by atoms with Crippen LogP contribution in [0.15, 0.2) is 24.3 Å². The van der Waals surface area contributed by atoms with E-state index in [0.29, 0.717) is 11.4 Å². The molecule has 1 aromatic carbocycles. The zero-order valence-electron chi connectivity index (χ0n) is 11.9. The van der Waals surface area contributed by atoms with Gasteiger partial charge in [-0.25, -0.2) is 8.42 Å². The number of carbonyl (C=O) groups is 2. The molecular weight excluding hydrogens is 294 g/mol. The minimum Gasteiger partial charge on any atom is -0.326 e. The zero-order chi connectivity index (χ0) is 16.0. The van der Waals surface area contributed by atoms with Gasteiger partial charge >= 0.3 is 0 Å². The summed E-state index contributed by atoms with van der Waals surface area (Å²) in [5.74, 6) is -0.838. The Morgan fingerprint density at radius 1 is 1.24 bits per heavy atom. The van der Waals surface area contributed by atoms with Crippen LogP contribution < -0.4 is 16.4 Å². The maximum absolute atomic E-state index is 11.8. The first kappa shape index (κ1) is 17.1. The minimum absolute atomic E-state index is 0.0516. The molecule has 21 heavy (non-hydrogen) atoms. The van der Waals surface area contributed by atoms with Gasteiger partial charge in [0.05, 0.1) is 11.8 Å². The van der Waals surface area contributed by atoms with E-state index in [1.165, 1.54) is 6.92 Å². The van der Waals surface area contributed by atoms with Crippen LogP contribution in [0.25, 0.3) is 0 Å². The summed E-state index contributed by atoms with van der Waals surface area (Å²) in [4.78, 5) is 22.8. The van der Waals surface area contributed by atoms with Gasteiger partial charge in [0.25, 0.3) is 0 Å². The van der Waals surface area contributed by atoms with E-state index in [4.69, 9.17) is 5.73 Å². The Labute approximate surface area is 123 Å². The third kappa shape index (κ3) is 6.87. The molecule has 0 aromatic heterocycles. The number of rotatable bonds is 6. The van der Waals surface area contributed by atoms with E-state index >= 15 is 0 Å².